The molecular weight excluding hydrogens is 455 g/mol. The van der Waals surface area contributed by atoms with Crippen molar-refractivity contribution >= 4 is 10.0 Å². The third kappa shape index (κ3) is 6.16. The number of aliphatic hydroxyl groups is 1. The van der Waals surface area contributed by atoms with Crippen LogP contribution in [0.5, 0.6) is 5.75 Å². The fourth-order valence-electron chi connectivity index (χ4n) is 3.98. The lowest BCUT2D eigenvalue weighted by molar-refractivity contribution is 0.0752. The van der Waals surface area contributed by atoms with Crippen molar-refractivity contribution in [2.75, 3.05) is 33.3 Å². The molecule has 8 heteroatoms. The van der Waals surface area contributed by atoms with Crippen LogP contribution in [0.15, 0.2) is 47.4 Å². The zero-order valence-electron chi connectivity index (χ0n) is 20.2. The molecule has 1 heterocycles. The number of benzene rings is 2. The Morgan fingerprint density at radius 3 is 2.50 bits per heavy atom. The molecule has 6 nitrogen and oxygen atoms in total. The third-order valence-corrected chi connectivity index (χ3v) is 7.98. The van der Waals surface area contributed by atoms with Crippen LogP contribution in [0.1, 0.15) is 38.3 Å². The molecule has 2 aromatic rings. The van der Waals surface area contributed by atoms with E-state index in [0.29, 0.717) is 17.7 Å². The number of hydrogen-bond donors (Lipinski definition) is 1. The number of sulfonamides is 1. The highest BCUT2D eigenvalue weighted by Crippen LogP contribution is 2.34. The highest BCUT2D eigenvalue weighted by Gasteiger charge is 2.38. The molecule has 0 unspecified atom stereocenters. The first-order chi connectivity index (χ1) is 16.1. The van der Waals surface area contributed by atoms with Gasteiger partial charge in [0.2, 0.25) is 10.0 Å². The summed E-state index contributed by atoms with van der Waals surface area (Å²) in [6, 6.07) is 10.1. The average molecular weight is 489 g/mol. The van der Waals surface area contributed by atoms with Gasteiger partial charge in [-0.2, -0.15) is 4.31 Å². The molecule has 0 bridgehead atoms. The first-order valence-electron chi connectivity index (χ1n) is 11.5. The normalized spacial score (nSPS) is 20.9. The third-order valence-electron chi connectivity index (χ3n) is 5.96. The first-order valence-corrected chi connectivity index (χ1v) is 13.0. The second kappa shape index (κ2) is 11.3. The van der Waals surface area contributed by atoms with Crippen LogP contribution in [-0.2, 0) is 10.0 Å². The number of rotatable bonds is 6. The summed E-state index contributed by atoms with van der Waals surface area (Å²) in [5.74, 6) is 5.80. The molecule has 0 spiro atoms. The Balaban J connectivity index is 2.04. The minimum Gasteiger partial charge on any atom is -0.487 e. The van der Waals surface area contributed by atoms with Gasteiger partial charge in [0.25, 0.3) is 0 Å². The minimum atomic E-state index is -3.89. The zero-order valence-corrected chi connectivity index (χ0v) is 21.0. The molecule has 1 aliphatic rings. The monoisotopic (exact) mass is 488 g/mol. The van der Waals surface area contributed by atoms with Gasteiger partial charge in [0.1, 0.15) is 22.6 Å². The molecule has 3 atom stereocenters. The number of likely N-dealkylation sites (N-methyl/N-ethyl adjacent to an activating group) is 1. The average Bonchev–Trinajstić information content (AvgIpc) is 2.80. The van der Waals surface area contributed by atoms with E-state index in [9.17, 15) is 17.9 Å². The fraction of sp³-hybridized carbons (Fsp3) is 0.462. The van der Waals surface area contributed by atoms with Crippen LogP contribution >= 0.6 is 0 Å². The maximum Gasteiger partial charge on any atom is 0.247 e. The number of halogens is 1. The molecule has 34 heavy (non-hydrogen) atoms. The molecule has 0 saturated carbocycles. The summed E-state index contributed by atoms with van der Waals surface area (Å²) in [6.07, 6.45) is 0.749. The smallest absolute Gasteiger partial charge is 0.247 e. The highest BCUT2D eigenvalue weighted by atomic mass is 32.2. The van der Waals surface area contributed by atoms with E-state index >= 15 is 0 Å². The van der Waals surface area contributed by atoms with Crippen molar-refractivity contribution in [1.82, 2.24) is 9.21 Å². The van der Waals surface area contributed by atoms with E-state index < -0.39 is 16.1 Å². The largest absolute Gasteiger partial charge is 0.487 e. The zero-order chi connectivity index (χ0) is 24.9. The lowest BCUT2D eigenvalue weighted by Gasteiger charge is -2.37. The van der Waals surface area contributed by atoms with Gasteiger partial charge in [0, 0.05) is 36.2 Å². The van der Waals surface area contributed by atoms with E-state index in [2.05, 4.69) is 23.7 Å². The molecule has 0 aromatic heterocycles. The quantitative estimate of drug-likeness (QED) is 0.632. The molecule has 2 aromatic carbocycles. The van der Waals surface area contributed by atoms with Crippen molar-refractivity contribution in [3.63, 3.8) is 0 Å². The van der Waals surface area contributed by atoms with Gasteiger partial charge >= 0.3 is 0 Å². The Morgan fingerprint density at radius 1 is 1.21 bits per heavy atom. The Labute approximate surface area is 202 Å². The first kappa shape index (κ1) is 26.2. The van der Waals surface area contributed by atoms with E-state index in [-0.39, 0.29) is 41.6 Å². The summed E-state index contributed by atoms with van der Waals surface area (Å²) in [7, 11) is -1.87. The molecule has 0 amide bonds. The van der Waals surface area contributed by atoms with Gasteiger partial charge in [-0.25, -0.2) is 12.8 Å². The lowest BCUT2D eigenvalue weighted by atomic mass is 10.0. The maximum atomic E-state index is 13.5. The number of ether oxygens (including phenoxy) is 1. The van der Waals surface area contributed by atoms with Crippen LogP contribution in [0.25, 0.3) is 0 Å². The SMILES string of the molecule is CCCN(C)C[C@@H]1Oc2cc(C#Cc3ccc(F)cc3)ccc2S(=O)(=O)N([C@@H](C)CO)C[C@H]1C. The van der Waals surface area contributed by atoms with Crippen molar-refractivity contribution in [2.24, 2.45) is 5.92 Å². The van der Waals surface area contributed by atoms with E-state index in [1.54, 1.807) is 31.2 Å². The summed E-state index contributed by atoms with van der Waals surface area (Å²) in [6.45, 7) is 7.30. The van der Waals surface area contributed by atoms with Crippen molar-refractivity contribution in [2.45, 2.75) is 44.2 Å². The molecule has 0 radical (unpaired) electrons. The molecule has 0 saturated heterocycles. The molecule has 0 fully saturated rings. The Hall–Kier alpha value is -2.44. The molecule has 3 rings (SSSR count). The van der Waals surface area contributed by atoms with E-state index in [1.807, 2.05) is 14.0 Å². The van der Waals surface area contributed by atoms with Crippen LogP contribution in [0.3, 0.4) is 0 Å². The van der Waals surface area contributed by atoms with Gasteiger partial charge in [-0.15, -0.1) is 0 Å². The Kier molecular flexibility index (Phi) is 8.72. The number of nitrogens with zero attached hydrogens (tertiary/aromatic N) is 2. The summed E-state index contributed by atoms with van der Waals surface area (Å²) in [5.41, 5.74) is 1.24. The van der Waals surface area contributed by atoms with Crippen molar-refractivity contribution in [1.29, 1.82) is 0 Å². The number of aliphatic hydroxyl groups excluding tert-OH is 1. The van der Waals surface area contributed by atoms with Gasteiger partial charge in [0.15, 0.2) is 0 Å². The van der Waals surface area contributed by atoms with E-state index in [4.69, 9.17) is 4.74 Å². The summed E-state index contributed by atoms with van der Waals surface area (Å²) < 4.78 is 47.9. The number of fused-ring (bicyclic) bond motifs is 1. The Morgan fingerprint density at radius 2 is 1.85 bits per heavy atom. The van der Waals surface area contributed by atoms with Crippen LogP contribution in [-0.4, -0.2) is 68.2 Å². The van der Waals surface area contributed by atoms with E-state index in [0.717, 1.165) is 13.0 Å². The van der Waals surface area contributed by atoms with Crippen LogP contribution in [0, 0.1) is 23.6 Å². The summed E-state index contributed by atoms with van der Waals surface area (Å²) in [5, 5.41) is 9.75. The van der Waals surface area contributed by atoms with Crippen LogP contribution < -0.4 is 4.74 Å². The van der Waals surface area contributed by atoms with Gasteiger partial charge < -0.3 is 14.7 Å². The van der Waals surface area contributed by atoms with Crippen LogP contribution in [0.4, 0.5) is 4.39 Å². The molecule has 184 valence electrons. The van der Waals surface area contributed by atoms with Crippen LogP contribution in [0.2, 0.25) is 0 Å². The summed E-state index contributed by atoms with van der Waals surface area (Å²) in [4.78, 5) is 2.24. The second-order valence-electron chi connectivity index (χ2n) is 8.92. The van der Waals surface area contributed by atoms with Gasteiger partial charge in [0.05, 0.1) is 6.61 Å². The maximum absolute atomic E-state index is 13.5. The molecule has 0 aliphatic carbocycles. The predicted octanol–water partition coefficient (Wildman–Crippen LogP) is 3.34. The van der Waals surface area contributed by atoms with Crippen molar-refractivity contribution in [3.8, 4) is 17.6 Å². The Bertz CT molecular complexity index is 1140. The molecule has 1 aliphatic heterocycles. The standard InChI is InChI=1S/C26H33FN2O4S/c1-5-14-28(4)17-25-19(2)16-29(20(3)18-30)34(31,32)26-13-10-22(15-24(26)33-25)7-6-21-8-11-23(27)12-9-21/h8-13,15,19-20,25,30H,5,14,16-18H2,1-4H3/t19-,20+,25+/m1/s1. The topological polar surface area (TPSA) is 70.1 Å². The lowest BCUT2D eigenvalue weighted by Crippen LogP contribution is -2.49. The summed E-state index contributed by atoms with van der Waals surface area (Å²) >= 11 is 0. The minimum absolute atomic E-state index is 0.0650. The highest BCUT2D eigenvalue weighted by molar-refractivity contribution is 7.89. The fourth-order valence-corrected chi connectivity index (χ4v) is 5.80. The van der Waals surface area contributed by atoms with Gasteiger partial charge in [-0.3, -0.25) is 0 Å². The van der Waals surface area contributed by atoms with Crippen molar-refractivity contribution < 1.29 is 22.7 Å². The van der Waals surface area contributed by atoms with E-state index in [1.165, 1.54) is 22.5 Å². The van der Waals surface area contributed by atoms with Gasteiger partial charge in [-0.05, 0) is 69.4 Å². The predicted molar refractivity (Wildman–Crippen MR) is 131 cm³/mol. The number of hydrogen-bond acceptors (Lipinski definition) is 5. The van der Waals surface area contributed by atoms with Gasteiger partial charge in [-0.1, -0.05) is 25.7 Å². The molecular formula is C26H33FN2O4S. The second-order valence-corrected chi connectivity index (χ2v) is 10.8. The van der Waals surface area contributed by atoms with Crippen molar-refractivity contribution in [3.05, 3.63) is 59.4 Å². The molecule has 1 N–H and O–H groups in total.